The standard InChI is InChI=1S/C16H21NO4/c1-15(14(20)21,12-5-3-2-4-6-12)9-13(19)17-10-16(11-18)7-8-16/h2-6,18H,7-11H2,1H3,(H,17,19)(H,20,21). The Kier molecular flexibility index (Phi) is 4.32. The lowest BCUT2D eigenvalue weighted by molar-refractivity contribution is -0.145. The van der Waals surface area contributed by atoms with Crippen molar-refractivity contribution in [2.75, 3.05) is 13.2 Å². The molecule has 0 aromatic heterocycles. The zero-order valence-electron chi connectivity index (χ0n) is 12.1. The van der Waals surface area contributed by atoms with Crippen LogP contribution in [0.4, 0.5) is 0 Å². The summed E-state index contributed by atoms with van der Waals surface area (Å²) in [5, 5.41) is 21.5. The van der Waals surface area contributed by atoms with Crippen LogP contribution >= 0.6 is 0 Å². The Bertz CT molecular complexity index is 524. The predicted molar refractivity (Wildman–Crippen MR) is 77.8 cm³/mol. The Morgan fingerprint density at radius 1 is 1.29 bits per heavy atom. The van der Waals surface area contributed by atoms with Crippen LogP contribution in [0.25, 0.3) is 0 Å². The molecule has 1 atom stereocenters. The lowest BCUT2D eigenvalue weighted by Crippen LogP contribution is -2.40. The number of aliphatic hydroxyl groups excluding tert-OH is 1. The fourth-order valence-electron chi connectivity index (χ4n) is 2.34. The second-order valence-corrected chi connectivity index (χ2v) is 6.11. The summed E-state index contributed by atoms with van der Waals surface area (Å²) in [6, 6.07) is 8.78. The zero-order chi connectivity index (χ0) is 15.5. The highest BCUT2D eigenvalue weighted by molar-refractivity contribution is 5.89. The van der Waals surface area contributed by atoms with Crippen LogP contribution in [0.5, 0.6) is 0 Å². The number of amides is 1. The van der Waals surface area contributed by atoms with Gasteiger partial charge in [-0.15, -0.1) is 0 Å². The largest absolute Gasteiger partial charge is 0.481 e. The molecule has 1 aromatic rings. The van der Waals surface area contributed by atoms with Gasteiger partial charge in [-0.3, -0.25) is 9.59 Å². The fraction of sp³-hybridized carbons (Fsp3) is 0.500. The van der Waals surface area contributed by atoms with Crippen LogP contribution in [-0.4, -0.2) is 35.2 Å². The molecule has 1 fully saturated rings. The Morgan fingerprint density at radius 2 is 1.90 bits per heavy atom. The number of nitrogens with one attached hydrogen (secondary N) is 1. The van der Waals surface area contributed by atoms with Crippen LogP contribution in [0.15, 0.2) is 30.3 Å². The molecule has 2 rings (SSSR count). The molecule has 0 heterocycles. The molecule has 0 spiro atoms. The highest BCUT2D eigenvalue weighted by Gasteiger charge is 2.43. The highest BCUT2D eigenvalue weighted by atomic mass is 16.4. The maximum absolute atomic E-state index is 12.1. The zero-order valence-corrected chi connectivity index (χ0v) is 12.1. The first kappa shape index (κ1) is 15.5. The van der Waals surface area contributed by atoms with Crippen molar-refractivity contribution in [2.24, 2.45) is 5.41 Å². The van der Waals surface area contributed by atoms with Crippen LogP contribution in [0.1, 0.15) is 31.7 Å². The van der Waals surface area contributed by atoms with Gasteiger partial charge < -0.3 is 15.5 Å². The number of carboxylic acids is 1. The van der Waals surface area contributed by atoms with Gasteiger partial charge >= 0.3 is 5.97 Å². The number of benzene rings is 1. The summed E-state index contributed by atoms with van der Waals surface area (Å²) in [4.78, 5) is 23.7. The van der Waals surface area contributed by atoms with Crippen molar-refractivity contribution in [3.05, 3.63) is 35.9 Å². The van der Waals surface area contributed by atoms with Crippen LogP contribution in [0.2, 0.25) is 0 Å². The smallest absolute Gasteiger partial charge is 0.314 e. The minimum absolute atomic E-state index is 0.0577. The first-order chi connectivity index (χ1) is 9.92. The van der Waals surface area contributed by atoms with Crippen molar-refractivity contribution >= 4 is 11.9 Å². The van der Waals surface area contributed by atoms with E-state index in [1.807, 2.05) is 6.07 Å². The molecule has 0 bridgehead atoms. The number of aliphatic carboxylic acids is 1. The molecule has 114 valence electrons. The summed E-state index contributed by atoms with van der Waals surface area (Å²) >= 11 is 0. The van der Waals surface area contributed by atoms with Crippen molar-refractivity contribution < 1.29 is 19.8 Å². The molecule has 5 heteroatoms. The van der Waals surface area contributed by atoms with Gasteiger partial charge in [0, 0.05) is 18.4 Å². The molecule has 0 aliphatic heterocycles. The van der Waals surface area contributed by atoms with Crippen LogP contribution in [0.3, 0.4) is 0 Å². The number of rotatable bonds is 7. The molecule has 0 radical (unpaired) electrons. The molecular weight excluding hydrogens is 270 g/mol. The van der Waals surface area contributed by atoms with E-state index >= 15 is 0 Å². The van der Waals surface area contributed by atoms with E-state index in [0.29, 0.717) is 12.1 Å². The Balaban J connectivity index is 2.03. The number of carbonyl (C=O) groups excluding carboxylic acids is 1. The number of hydrogen-bond donors (Lipinski definition) is 3. The third kappa shape index (κ3) is 3.42. The second-order valence-electron chi connectivity index (χ2n) is 6.11. The Hall–Kier alpha value is -1.88. The van der Waals surface area contributed by atoms with E-state index in [4.69, 9.17) is 0 Å². The Labute approximate surface area is 124 Å². The lowest BCUT2D eigenvalue weighted by atomic mass is 9.79. The van der Waals surface area contributed by atoms with Gasteiger partial charge in [0.25, 0.3) is 0 Å². The van der Waals surface area contributed by atoms with Crippen LogP contribution in [-0.2, 0) is 15.0 Å². The van der Waals surface area contributed by atoms with Gasteiger partial charge in [-0.05, 0) is 25.3 Å². The maximum atomic E-state index is 12.1. The van der Waals surface area contributed by atoms with E-state index in [1.165, 1.54) is 0 Å². The molecule has 3 N–H and O–H groups in total. The van der Waals surface area contributed by atoms with Crippen molar-refractivity contribution in [3.8, 4) is 0 Å². The number of aliphatic hydroxyl groups is 1. The topological polar surface area (TPSA) is 86.6 Å². The quantitative estimate of drug-likeness (QED) is 0.707. The molecular formula is C16H21NO4. The van der Waals surface area contributed by atoms with E-state index in [-0.39, 0.29) is 24.3 Å². The van der Waals surface area contributed by atoms with E-state index in [2.05, 4.69) is 5.32 Å². The van der Waals surface area contributed by atoms with Crippen molar-refractivity contribution in [3.63, 3.8) is 0 Å². The van der Waals surface area contributed by atoms with Gasteiger partial charge in [0.15, 0.2) is 0 Å². The minimum atomic E-state index is -1.25. The molecule has 1 aromatic carbocycles. The third-order valence-corrected chi connectivity index (χ3v) is 4.35. The second kappa shape index (κ2) is 5.85. The van der Waals surface area contributed by atoms with Gasteiger partial charge in [0.2, 0.25) is 5.91 Å². The first-order valence-electron chi connectivity index (χ1n) is 7.08. The summed E-state index contributed by atoms with van der Waals surface area (Å²) in [7, 11) is 0. The average Bonchev–Trinajstić information content (AvgIpc) is 3.26. The van der Waals surface area contributed by atoms with Gasteiger partial charge in [-0.2, -0.15) is 0 Å². The van der Waals surface area contributed by atoms with Crippen LogP contribution < -0.4 is 5.32 Å². The summed E-state index contributed by atoms with van der Waals surface area (Å²) in [6.45, 7) is 2.03. The third-order valence-electron chi connectivity index (χ3n) is 4.35. The van der Waals surface area contributed by atoms with E-state index in [0.717, 1.165) is 12.8 Å². The average molecular weight is 291 g/mol. The number of carbonyl (C=O) groups is 2. The highest BCUT2D eigenvalue weighted by Crippen LogP contribution is 2.44. The van der Waals surface area contributed by atoms with Gasteiger partial charge in [0.1, 0.15) is 0 Å². The number of carboxylic acid groups (broad SMARTS) is 1. The minimum Gasteiger partial charge on any atom is -0.481 e. The summed E-state index contributed by atoms with van der Waals surface area (Å²) in [5.41, 5.74) is -0.820. The molecule has 1 aliphatic rings. The van der Waals surface area contributed by atoms with Gasteiger partial charge in [-0.25, -0.2) is 0 Å². The van der Waals surface area contributed by atoms with E-state index in [1.54, 1.807) is 31.2 Å². The Morgan fingerprint density at radius 3 is 2.38 bits per heavy atom. The molecule has 5 nitrogen and oxygen atoms in total. The van der Waals surface area contributed by atoms with E-state index in [9.17, 15) is 19.8 Å². The fourth-order valence-corrected chi connectivity index (χ4v) is 2.34. The monoisotopic (exact) mass is 291 g/mol. The van der Waals surface area contributed by atoms with Crippen molar-refractivity contribution in [2.45, 2.75) is 31.6 Å². The first-order valence-corrected chi connectivity index (χ1v) is 7.08. The summed E-state index contributed by atoms with van der Waals surface area (Å²) in [5.74, 6) is -1.32. The molecule has 1 unspecified atom stereocenters. The van der Waals surface area contributed by atoms with Crippen molar-refractivity contribution in [1.29, 1.82) is 0 Å². The summed E-state index contributed by atoms with van der Waals surface area (Å²) < 4.78 is 0. The maximum Gasteiger partial charge on any atom is 0.314 e. The normalized spacial score (nSPS) is 18.6. The van der Waals surface area contributed by atoms with Gasteiger partial charge in [0.05, 0.1) is 12.0 Å². The number of hydrogen-bond acceptors (Lipinski definition) is 3. The van der Waals surface area contributed by atoms with Crippen LogP contribution in [0, 0.1) is 5.41 Å². The molecule has 1 amide bonds. The van der Waals surface area contributed by atoms with Crippen molar-refractivity contribution in [1.82, 2.24) is 5.32 Å². The molecule has 21 heavy (non-hydrogen) atoms. The van der Waals surface area contributed by atoms with E-state index < -0.39 is 11.4 Å². The summed E-state index contributed by atoms with van der Waals surface area (Å²) in [6.07, 6.45) is 1.69. The molecule has 1 saturated carbocycles. The lowest BCUT2D eigenvalue weighted by Gasteiger charge is -2.25. The predicted octanol–water partition coefficient (Wildman–Crippen LogP) is 1.31. The molecule has 1 aliphatic carbocycles. The SMILES string of the molecule is CC(CC(=O)NCC1(CO)CC1)(C(=O)O)c1ccccc1. The van der Waals surface area contributed by atoms with Gasteiger partial charge in [-0.1, -0.05) is 30.3 Å². The molecule has 0 saturated heterocycles.